The molecule has 2 unspecified atom stereocenters. The molecule has 0 saturated carbocycles. The third-order valence-electron chi connectivity index (χ3n) is 1.87. The van der Waals surface area contributed by atoms with Gasteiger partial charge in [0, 0.05) is 0 Å². The third kappa shape index (κ3) is 9.74. The van der Waals surface area contributed by atoms with E-state index in [0.717, 1.165) is 5.92 Å². The predicted molar refractivity (Wildman–Crippen MR) is 54.8 cm³/mol. The summed E-state index contributed by atoms with van der Waals surface area (Å²) in [6.45, 7) is 14.5. The lowest BCUT2D eigenvalue weighted by Gasteiger charge is -2.10. The fraction of sp³-hybridized carbons (Fsp3) is 0.818. The van der Waals surface area contributed by atoms with Crippen LogP contribution in [0.3, 0.4) is 0 Å². The van der Waals surface area contributed by atoms with Gasteiger partial charge in [-0.05, 0) is 18.3 Å². The molecule has 0 radical (unpaired) electrons. The van der Waals surface area contributed by atoms with Crippen molar-refractivity contribution in [3.63, 3.8) is 0 Å². The van der Waals surface area contributed by atoms with Crippen LogP contribution in [0.5, 0.6) is 0 Å². The van der Waals surface area contributed by atoms with E-state index in [1.54, 1.807) is 0 Å². The molecule has 0 N–H and O–H groups in total. The Kier molecular flexibility index (Phi) is 11.8. The van der Waals surface area contributed by atoms with Gasteiger partial charge in [0.1, 0.15) is 0 Å². The Morgan fingerprint density at radius 2 is 1.73 bits per heavy atom. The first-order chi connectivity index (χ1) is 5.20. The second-order valence-corrected chi connectivity index (χ2v) is 2.96. The van der Waals surface area contributed by atoms with Crippen LogP contribution in [0.2, 0.25) is 0 Å². The molecule has 0 aliphatic heterocycles. The van der Waals surface area contributed by atoms with Crippen LogP contribution in [-0.4, -0.2) is 0 Å². The molecule has 0 aromatic heterocycles. The van der Waals surface area contributed by atoms with E-state index in [1.807, 2.05) is 19.9 Å². The molecule has 0 heteroatoms. The minimum Gasteiger partial charge on any atom is -0.103 e. The van der Waals surface area contributed by atoms with Gasteiger partial charge < -0.3 is 0 Å². The van der Waals surface area contributed by atoms with Gasteiger partial charge in [-0.3, -0.25) is 0 Å². The first-order valence-corrected chi connectivity index (χ1v) is 4.83. The standard InChI is InChI=1S/C9H18.C2H6/c1-5-8(3)7-9(4)6-2;1-2/h5,8-9H,1,6-7H2,2-4H3;1-2H3. The molecule has 68 valence electrons. The largest absolute Gasteiger partial charge is 0.103 e. The molecule has 0 rings (SSSR count). The molecule has 11 heavy (non-hydrogen) atoms. The van der Waals surface area contributed by atoms with Crippen molar-refractivity contribution >= 4 is 0 Å². The minimum absolute atomic E-state index is 0.694. The van der Waals surface area contributed by atoms with E-state index in [0.29, 0.717) is 5.92 Å². The van der Waals surface area contributed by atoms with Gasteiger partial charge in [-0.25, -0.2) is 0 Å². The van der Waals surface area contributed by atoms with Crippen LogP contribution in [0, 0.1) is 11.8 Å². The maximum absolute atomic E-state index is 3.75. The van der Waals surface area contributed by atoms with Crippen LogP contribution in [-0.2, 0) is 0 Å². The van der Waals surface area contributed by atoms with E-state index in [4.69, 9.17) is 0 Å². The Labute approximate surface area is 72.7 Å². The summed E-state index contributed by atoms with van der Waals surface area (Å²) in [6, 6.07) is 0. The van der Waals surface area contributed by atoms with E-state index in [-0.39, 0.29) is 0 Å². The first kappa shape index (κ1) is 13.3. The predicted octanol–water partition coefficient (Wildman–Crippen LogP) is 4.27. The zero-order valence-corrected chi connectivity index (χ0v) is 8.85. The summed E-state index contributed by atoms with van der Waals surface area (Å²) in [5.74, 6) is 1.55. The molecule has 0 fully saturated rings. The van der Waals surface area contributed by atoms with E-state index < -0.39 is 0 Å². The molecule has 0 spiro atoms. The van der Waals surface area contributed by atoms with Crippen LogP contribution in [0.15, 0.2) is 12.7 Å². The summed E-state index contributed by atoms with van der Waals surface area (Å²) in [7, 11) is 0. The lowest BCUT2D eigenvalue weighted by molar-refractivity contribution is 0.455. The highest BCUT2D eigenvalue weighted by Gasteiger charge is 2.01. The Hall–Kier alpha value is -0.260. The molecule has 0 amide bonds. The average Bonchev–Trinajstić information content (AvgIpc) is 2.07. The Bertz CT molecular complexity index is 74.1. The van der Waals surface area contributed by atoms with Crippen molar-refractivity contribution in [3.05, 3.63) is 12.7 Å². The zero-order valence-electron chi connectivity index (χ0n) is 8.85. The SMILES string of the molecule is C=CC(C)CC(C)CC.CC. The molecule has 0 aliphatic rings. The van der Waals surface area contributed by atoms with E-state index in [1.165, 1.54) is 12.8 Å². The number of rotatable bonds is 4. The van der Waals surface area contributed by atoms with E-state index in [2.05, 4.69) is 27.4 Å². The monoisotopic (exact) mass is 156 g/mol. The minimum atomic E-state index is 0.694. The van der Waals surface area contributed by atoms with Crippen LogP contribution in [0.1, 0.15) is 47.5 Å². The first-order valence-electron chi connectivity index (χ1n) is 4.83. The van der Waals surface area contributed by atoms with Gasteiger partial charge in [0.15, 0.2) is 0 Å². The van der Waals surface area contributed by atoms with Crippen molar-refractivity contribution in [2.45, 2.75) is 47.5 Å². The molecule has 0 bridgehead atoms. The van der Waals surface area contributed by atoms with Gasteiger partial charge in [0.2, 0.25) is 0 Å². The topological polar surface area (TPSA) is 0 Å². The summed E-state index contributed by atoms with van der Waals surface area (Å²) in [5, 5.41) is 0. The van der Waals surface area contributed by atoms with Crippen molar-refractivity contribution in [2.24, 2.45) is 11.8 Å². The molecular formula is C11H24. The Balaban J connectivity index is 0. The van der Waals surface area contributed by atoms with Crippen LogP contribution < -0.4 is 0 Å². The summed E-state index contributed by atoms with van der Waals surface area (Å²) in [4.78, 5) is 0. The second kappa shape index (κ2) is 9.74. The van der Waals surface area contributed by atoms with Crippen molar-refractivity contribution in [2.75, 3.05) is 0 Å². The molecule has 0 aliphatic carbocycles. The van der Waals surface area contributed by atoms with E-state index in [9.17, 15) is 0 Å². The van der Waals surface area contributed by atoms with Gasteiger partial charge in [-0.1, -0.05) is 47.1 Å². The maximum Gasteiger partial charge on any atom is -0.0262 e. The Morgan fingerprint density at radius 3 is 2.00 bits per heavy atom. The quantitative estimate of drug-likeness (QED) is 0.533. The molecule has 0 saturated heterocycles. The lowest BCUT2D eigenvalue weighted by Crippen LogP contribution is -1.98. The fourth-order valence-electron chi connectivity index (χ4n) is 0.898. The summed E-state index contributed by atoms with van der Waals surface area (Å²) >= 11 is 0. The molecule has 0 nitrogen and oxygen atoms in total. The smallest absolute Gasteiger partial charge is 0.0262 e. The molecule has 0 aromatic rings. The average molecular weight is 156 g/mol. The lowest BCUT2D eigenvalue weighted by atomic mass is 9.96. The van der Waals surface area contributed by atoms with Crippen molar-refractivity contribution < 1.29 is 0 Å². The number of hydrogen-bond donors (Lipinski definition) is 0. The maximum atomic E-state index is 3.75. The summed E-state index contributed by atoms with van der Waals surface area (Å²) in [6.07, 6.45) is 4.62. The van der Waals surface area contributed by atoms with Crippen LogP contribution in [0.4, 0.5) is 0 Å². The van der Waals surface area contributed by atoms with Gasteiger partial charge >= 0.3 is 0 Å². The summed E-state index contributed by atoms with van der Waals surface area (Å²) in [5.41, 5.74) is 0. The summed E-state index contributed by atoms with van der Waals surface area (Å²) < 4.78 is 0. The van der Waals surface area contributed by atoms with E-state index >= 15 is 0 Å². The zero-order chi connectivity index (χ0) is 9.28. The number of hydrogen-bond acceptors (Lipinski definition) is 0. The Morgan fingerprint density at radius 1 is 1.27 bits per heavy atom. The van der Waals surface area contributed by atoms with Crippen LogP contribution >= 0.6 is 0 Å². The third-order valence-corrected chi connectivity index (χ3v) is 1.87. The molecule has 0 aromatic carbocycles. The molecule has 0 heterocycles. The van der Waals surface area contributed by atoms with Crippen molar-refractivity contribution in [1.82, 2.24) is 0 Å². The van der Waals surface area contributed by atoms with Gasteiger partial charge in [0.25, 0.3) is 0 Å². The van der Waals surface area contributed by atoms with Gasteiger partial charge in [-0.15, -0.1) is 6.58 Å². The highest BCUT2D eigenvalue weighted by Crippen LogP contribution is 2.14. The van der Waals surface area contributed by atoms with Gasteiger partial charge in [-0.2, -0.15) is 0 Å². The molecular weight excluding hydrogens is 132 g/mol. The van der Waals surface area contributed by atoms with Gasteiger partial charge in [0.05, 0.1) is 0 Å². The second-order valence-electron chi connectivity index (χ2n) is 2.96. The van der Waals surface area contributed by atoms with Crippen molar-refractivity contribution in [1.29, 1.82) is 0 Å². The molecule has 2 atom stereocenters. The fourth-order valence-corrected chi connectivity index (χ4v) is 0.898. The normalized spacial score (nSPS) is 14.3. The van der Waals surface area contributed by atoms with Crippen molar-refractivity contribution in [3.8, 4) is 0 Å². The number of allylic oxidation sites excluding steroid dienone is 1. The highest BCUT2D eigenvalue weighted by atomic mass is 14.1. The van der Waals surface area contributed by atoms with Crippen LogP contribution in [0.25, 0.3) is 0 Å². The highest BCUT2D eigenvalue weighted by molar-refractivity contribution is 4.75.